The Morgan fingerprint density at radius 3 is 2.91 bits per heavy atom. The fraction of sp³-hybridized carbons (Fsp3) is 0.368. The van der Waals surface area contributed by atoms with Crippen LogP contribution < -0.4 is 5.32 Å². The Hall–Kier alpha value is -2.92. The normalized spacial score (nSPS) is 21.0. The summed E-state index contributed by atoms with van der Waals surface area (Å²) in [7, 11) is 0. The average molecular weight is 474 g/mol. The van der Waals surface area contributed by atoms with Gasteiger partial charge in [0.2, 0.25) is 11.1 Å². The van der Waals surface area contributed by atoms with Crippen molar-refractivity contribution in [2.75, 3.05) is 18.1 Å². The lowest BCUT2D eigenvalue weighted by Gasteiger charge is -2.49. The summed E-state index contributed by atoms with van der Waals surface area (Å²) < 4.78 is 1.33. The van der Waals surface area contributed by atoms with Gasteiger partial charge in [0.1, 0.15) is 23.7 Å². The first-order valence-corrected chi connectivity index (χ1v) is 11.7. The van der Waals surface area contributed by atoms with Crippen LogP contribution in [0.3, 0.4) is 0 Å². The van der Waals surface area contributed by atoms with Crippen LogP contribution in [0.2, 0.25) is 0 Å². The lowest BCUT2D eigenvalue weighted by molar-refractivity contribution is -0.149. The number of nitrogens with zero attached hydrogens (tertiary/aromatic N) is 6. The Bertz CT molecular complexity index is 1080. The number of aromatic nitrogens is 4. The van der Waals surface area contributed by atoms with Crippen molar-refractivity contribution in [2.24, 2.45) is 0 Å². The summed E-state index contributed by atoms with van der Waals surface area (Å²) in [4.78, 5) is 26.0. The molecule has 1 aromatic heterocycles. The van der Waals surface area contributed by atoms with Crippen molar-refractivity contribution < 1.29 is 19.8 Å². The van der Waals surface area contributed by atoms with E-state index < -0.39 is 18.1 Å². The summed E-state index contributed by atoms with van der Waals surface area (Å²) in [6.07, 6.45) is -0.771. The summed E-state index contributed by atoms with van der Waals surface area (Å²) in [6.45, 7) is 0.172. The van der Waals surface area contributed by atoms with Gasteiger partial charge in [0, 0.05) is 18.1 Å². The first-order valence-electron chi connectivity index (χ1n) is 9.63. The fourth-order valence-corrected chi connectivity index (χ4v) is 5.89. The van der Waals surface area contributed by atoms with Crippen LogP contribution in [0.1, 0.15) is 11.7 Å². The number of tetrazole rings is 1. The summed E-state index contributed by atoms with van der Waals surface area (Å²) in [6, 6.07) is 10.5. The Morgan fingerprint density at radius 2 is 2.19 bits per heavy atom. The maximum atomic E-state index is 12.8. The molecule has 166 valence electrons. The van der Waals surface area contributed by atoms with Crippen molar-refractivity contribution in [3.63, 3.8) is 0 Å². The van der Waals surface area contributed by atoms with Crippen molar-refractivity contribution >= 4 is 35.4 Å². The van der Waals surface area contributed by atoms with Gasteiger partial charge in [-0.2, -0.15) is 5.26 Å². The molecule has 0 bridgehead atoms. The van der Waals surface area contributed by atoms with E-state index in [1.54, 1.807) is 12.1 Å². The number of fused-ring (bicyclic) bond motifs is 1. The smallest absolute Gasteiger partial charge is 0.352 e. The Labute approximate surface area is 191 Å². The van der Waals surface area contributed by atoms with Gasteiger partial charge in [0.25, 0.3) is 0 Å². The van der Waals surface area contributed by atoms with Gasteiger partial charge >= 0.3 is 5.97 Å². The minimum atomic E-state index is -1.17. The van der Waals surface area contributed by atoms with Gasteiger partial charge in [-0.05, 0) is 21.6 Å². The van der Waals surface area contributed by atoms with Gasteiger partial charge in [0.05, 0.1) is 12.2 Å². The molecule has 1 aromatic carbocycles. The molecule has 1 amide bonds. The van der Waals surface area contributed by atoms with Crippen LogP contribution in [0, 0.1) is 11.3 Å². The standard InChI is InChI=1S/C19H19N7O4S2/c20-6-7-25-19(22-23-24-25)32-10-12-9-31-17-14(16(28)26(17)15(12)18(29)30)21-8-13(27)11-4-2-1-3-5-11/h1-5,13-14,17,21,27H,7-10H2,(H,29,30)/t13?,14?,17-/m0/s1. The molecule has 2 aromatic rings. The van der Waals surface area contributed by atoms with Gasteiger partial charge in [-0.3, -0.25) is 9.69 Å². The lowest BCUT2D eigenvalue weighted by Crippen LogP contribution is -2.70. The molecule has 4 rings (SSSR count). The number of nitriles is 1. The summed E-state index contributed by atoms with van der Waals surface area (Å²) in [5.41, 5.74) is 1.31. The molecule has 0 saturated carbocycles. The number of carbonyl (C=O) groups excluding carboxylic acids is 1. The number of β-lactam (4-membered cyclic amide) rings is 1. The predicted octanol–water partition coefficient (Wildman–Crippen LogP) is 0.234. The van der Waals surface area contributed by atoms with Gasteiger partial charge in [0.15, 0.2) is 0 Å². The van der Waals surface area contributed by atoms with Crippen molar-refractivity contribution in [1.29, 1.82) is 5.26 Å². The van der Waals surface area contributed by atoms with Crippen LogP contribution in [0.15, 0.2) is 46.8 Å². The van der Waals surface area contributed by atoms with Gasteiger partial charge in [-0.1, -0.05) is 42.1 Å². The monoisotopic (exact) mass is 473 g/mol. The molecule has 2 aliphatic heterocycles. The quantitative estimate of drug-likeness (QED) is 0.338. The van der Waals surface area contributed by atoms with E-state index >= 15 is 0 Å². The number of carbonyl (C=O) groups is 2. The predicted molar refractivity (Wildman–Crippen MR) is 115 cm³/mol. The molecule has 3 N–H and O–H groups in total. The maximum absolute atomic E-state index is 12.8. The zero-order chi connectivity index (χ0) is 22.7. The van der Waals surface area contributed by atoms with Crippen molar-refractivity contribution in [3.8, 4) is 6.07 Å². The highest BCUT2D eigenvalue weighted by molar-refractivity contribution is 8.01. The number of thioether (sulfide) groups is 2. The minimum Gasteiger partial charge on any atom is -0.477 e. The SMILES string of the molecule is N#CCn1nnnc1SCC1=C(C(=O)O)N2C(=O)C(NCC(O)c3ccccc3)[C@@H]2SC1. The van der Waals surface area contributed by atoms with E-state index in [0.717, 1.165) is 5.56 Å². The zero-order valence-corrected chi connectivity index (χ0v) is 18.3. The molecule has 13 heteroatoms. The Balaban J connectivity index is 1.42. The molecule has 0 radical (unpaired) electrons. The van der Waals surface area contributed by atoms with Gasteiger partial charge in [-0.25, -0.2) is 9.48 Å². The number of nitrogens with one attached hydrogen (secondary N) is 1. The number of carboxylic acids is 1. The third kappa shape index (κ3) is 4.35. The Morgan fingerprint density at radius 1 is 1.41 bits per heavy atom. The number of aliphatic carboxylic acids is 1. The van der Waals surface area contributed by atoms with Crippen LogP contribution >= 0.6 is 23.5 Å². The first-order chi connectivity index (χ1) is 15.5. The maximum Gasteiger partial charge on any atom is 0.352 e. The fourth-order valence-electron chi connectivity index (χ4n) is 3.50. The largest absolute Gasteiger partial charge is 0.477 e. The number of benzene rings is 1. The average Bonchev–Trinajstić information content (AvgIpc) is 3.24. The van der Waals surface area contributed by atoms with E-state index in [4.69, 9.17) is 5.26 Å². The van der Waals surface area contributed by atoms with E-state index in [1.807, 2.05) is 24.3 Å². The molecule has 32 heavy (non-hydrogen) atoms. The summed E-state index contributed by atoms with van der Waals surface area (Å²) >= 11 is 2.69. The van der Waals surface area contributed by atoms with Crippen LogP contribution in [0.4, 0.5) is 0 Å². The highest BCUT2D eigenvalue weighted by Gasteiger charge is 2.53. The zero-order valence-electron chi connectivity index (χ0n) is 16.7. The number of rotatable bonds is 9. The van der Waals surface area contributed by atoms with Crippen molar-refractivity contribution in [1.82, 2.24) is 30.4 Å². The summed E-state index contributed by atoms with van der Waals surface area (Å²) in [5.74, 6) is -0.792. The number of carboxylic acid groups (broad SMARTS) is 1. The molecule has 1 fully saturated rings. The summed E-state index contributed by atoms with van der Waals surface area (Å²) in [5, 5.41) is 43.2. The lowest BCUT2D eigenvalue weighted by atomic mass is 10.0. The molecular formula is C19H19N7O4S2. The Kier molecular flexibility index (Phi) is 6.75. The second-order valence-corrected chi connectivity index (χ2v) is 9.09. The number of hydrogen-bond donors (Lipinski definition) is 3. The number of aliphatic hydroxyl groups is 1. The van der Waals surface area contributed by atoms with E-state index in [1.165, 1.54) is 33.1 Å². The third-order valence-electron chi connectivity index (χ3n) is 5.06. The molecule has 3 atom stereocenters. The van der Waals surface area contributed by atoms with Crippen LogP contribution in [-0.2, 0) is 16.1 Å². The van der Waals surface area contributed by atoms with Crippen LogP contribution in [0.5, 0.6) is 0 Å². The second-order valence-electron chi connectivity index (χ2n) is 7.05. The van der Waals surface area contributed by atoms with E-state index in [9.17, 15) is 19.8 Å². The highest BCUT2D eigenvalue weighted by atomic mass is 32.2. The van der Waals surface area contributed by atoms with Crippen LogP contribution in [-0.4, -0.2) is 76.7 Å². The first kappa shape index (κ1) is 22.3. The molecule has 11 nitrogen and oxygen atoms in total. The number of amides is 1. The van der Waals surface area contributed by atoms with Gasteiger partial charge < -0.3 is 15.5 Å². The number of aliphatic hydroxyl groups excluding tert-OH is 1. The van der Waals surface area contributed by atoms with Gasteiger partial charge in [-0.15, -0.1) is 16.9 Å². The molecule has 2 aliphatic rings. The van der Waals surface area contributed by atoms with E-state index in [2.05, 4.69) is 20.8 Å². The second kappa shape index (κ2) is 9.70. The van der Waals surface area contributed by atoms with Crippen LogP contribution in [0.25, 0.3) is 0 Å². The topological polar surface area (TPSA) is 157 Å². The molecular weight excluding hydrogens is 454 g/mol. The van der Waals surface area contributed by atoms with E-state index in [-0.39, 0.29) is 35.8 Å². The molecule has 3 heterocycles. The minimum absolute atomic E-state index is 0.0101. The number of hydrogen-bond acceptors (Lipinski definition) is 10. The van der Waals surface area contributed by atoms with E-state index in [0.29, 0.717) is 16.5 Å². The van der Waals surface area contributed by atoms with Crippen molar-refractivity contribution in [2.45, 2.75) is 29.2 Å². The molecule has 0 spiro atoms. The molecule has 1 saturated heterocycles. The van der Waals surface area contributed by atoms with Crippen molar-refractivity contribution in [3.05, 3.63) is 47.2 Å². The highest BCUT2D eigenvalue weighted by Crippen LogP contribution is 2.41. The third-order valence-corrected chi connectivity index (χ3v) is 7.44. The molecule has 2 unspecified atom stereocenters. The molecule has 0 aliphatic carbocycles.